The van der Waals surface area contributed by atoms with Crippen molar-refractivity contribution in [1.82, 2.24) is 5.01 Å². The van der Waals surface area contributed by atoms with Gasteiger partial charge in [-0.05, 0) is 44.2 Å². The van der Waals surface area contributed by atoms with Gasteiger partial charge in [-0.1, -0.05) is 45.2 Å². The molecule has 0 amide bonds. The van der Waals surface area contributed by atoms with Gasteiger partial charge in [0.05, 0.1) is 29.0 Å². The van der Waals surface area contributed by atoms with Gasteiger partial charge in [0.15, 0.2) is 0 Å². The minimum atomic E-state index is -0.534. The van der Waals surface area contributed by atoms with Gasteiger partial charge >= 0.3 is 0 Å². The summed E-state index contributed by atoms with van der Waals surface area (Å²) in [5.41, 5.74) is 2.19. The van der Waals surface area contributed by atoms with Gasteiger partial charge in [-0.15, -0.1) is 0 Å². The van der Waals surface area contributed by atoms with Crippen LogP contribution >= 0.6 is 39.1 Å². The number of fused-ring (bicyclic) bond motifs is 4. The van der Waals surface area contributed by atoms with E-state index < -0.39 is 5.72 Å². The first kappa shape index (κ1) is 19.7. The Kier molecular flexibility index (Phi) is 4.67. The summed E-state index contributed by atoms with van der Waals surface area (Å²) < 4.78 is 13.7. The Hall–Kier alpha value is -1.27. The van der Waals surface area contributed by atoms with Gasteiger partial charge in [-0.3, -0.25) is 0 Å². The van der Waals surface area contributed by atoms with Gasteiger partial charge in [0.25, 0.3) is 0 Å². The molecular formula is C22H21BrCl2N2O2. The van der Waals surface area contributed by atoms with Crippen LogP contribution in [0.1, 0.15) is 50.3 Å². The normalized spacial score (nSPS) is 27.3. The van der Waals surface area contributed by atoms with Crippen LogP contribution in [0.15, 0.2) is 46.0 Å². The van der Waals surface area contributed by atoms with E-state index in [1.807, 2.05) is 24.3 Å². The van der Waals surface area contributed by atoms with E-state index in [9.17, 15) is 0 Å². The Bertz CT molecular complexity index is 1030. The molecule has 3 heterocycles. The molecule has 0 aliphatic carbocycles. The molecule has 3 aliphatic rings. The molecule has 1 spiro atoms. The lowest BCUT2D eigenvalue weighted by Crippen LogP contribution is -2.60. The molecule has 29 heavy (non-hydrogen) atoms. The summed E-state index contributed by atoms with van der Waals surface area (Å²) in [6.07, 6.45) is 2.25. The molecule has 152 valence electrons. The Morgan fingerprint density at radius 1 is 1.17 bits per heavy atom. The van der Waals surface area contributed by atoms with Crippen LogP contribution in [0.2, 0.25) is 10.0 Å². The molecule has 5 rings (SSSR count). The number of ether oxygens (including phenoxy) is 2. The summed E-state index contributed by atoms with van der Waals surface area (Å²) in [5.74, 6) is 0.922. The van der Waals surface area contributed by atoms with Gasteiger partial charge in [0.1, 0.15) is 5.75 Å². The van der Waals surface area contributed by atoms with Crippen molar-refractivity contribution in [3.8, 4) is 5.75 Å². The van der Waals surface area contributed by atoms with E-state index in [4.69, 9.17) is 37.8 Å². The molecule has 1 saturated heterocycles. The maximum Gasteiger partial charge on any atom is 0.203 e. The Morgan fingerprint density at radius 3 is 2.76 bits per heavy atom. The number of hydrazone groups is 1. The van der Waals surface area contributed by atoms with Crippen molar-refractivity contribution in [1.29, 1.82) is 0 Å². The molecule has 0 saturated carbocycles. The van der Waals surface area contributed by atoms with Crippen LogP contribution in [0, 0.1) is 0 Å². The first-order valence-electron chi connectivity index (χ1n) is 9.71. The summed E-state index contributed by atoms with van der Waals surface area (Å²) >= 11 is 16.2. The van der Waals surface area contributed by atoms with Gasteiger partial charge in [-0.2, -0.15) is 5.10 Å². The van der Waals surface area contributed by atoms with Crippen molar-refractivity contribution < 1.29 is 9.47 Å². The van der Waals surface area contributed by atoms with Gasteiger partial charge in [-0.25, -0.2) is 5.01 Å². The van der Waals surface area contributed by atoms with E-state index in [1.54, 1.807) is 6.07 Å². The average molecular weight is 496 g/mol. The van der Waals surface area contributed by atoms with Crippen molar-refractivity contribution in [2.45, 2.75) is 50.5 Å². The number of nitrogens with zero attached hydrogens (tertiary/aromatic N) is 2. The summed E-state index contributed by atoms with van der Waals surface area (Å²) in [6.45, 7) is 4.86. The molecule has 7 heteroatoms. The fraction of sp³-hybridized carbons (Fsp3) is 0.409. The van der Waals surface area contributed by atoms with E-state index in [-0.39, 0.29) is 11.6 Å². The first-order chi connectivity index (χ1) is 13.8. The lowest BCUT2D eigenvalue weighted by molar-refractivity contribution is -0.212. The quantitative estimate of drug-likeness (QED) is 0.447. The smallest absolute Gasteiger partial charge is 0.203 e. The number of benzene rings is 2. The molecule has 0 N–H and O–H groups in total. The zero-order chi connectivity index (χ0) is 20.4. The first-order valence-corrected chi connectivity index (χ1v) is 11.3. The van der Waals surface area contributed by atoms with Crippen molar-refractivity contribution >= 4 is 44.8 Å². The van der Waals surface area contributed by atoms with Crippen LogP contribution in [-0.2, 0) is 4.74 Å². The minimum Gasteiger partial charge on any atom is -0.466 e. The van der Waals surface area contributed by atoms with E-state index in [2.05, 4.69) is 40.9 Å². The van der Waals surface area contributed by atoms with Crippen LogP contribution in [0.3, 0.4) is 0 Å². The van der Waals surface area contributed by atoms with Crippen LogP contribution in [0.5, 0.6) is 5.75 Å². The zero-order valence-electron chi connectivity index (χ0n) is 16.2. The van der Waals surface area contributed by atoms with E-state index in [0.717, 1.165) is 46.3 Å². The van der Waals surface area contributed by atoms with Crippen molar-refractivity contribution in [3.63, 3.8) is 0 Å². The lowest BCUT2D eigenvalue weighted by atomic mass is 9.86. The highest BCUT2D eigenvalue weighted by Gasteiger charge is 2.54. The molecule has 0 radical (unpaired) electrons. The molecule has 1 fully saturated rings. The molecular weight excluding hydrogens is 475 g/mol. The predicted molar refractivity (Wildman–Crippen MR) is 119 cm³/mol. The summed E-state index contributed by atoms with van der Waals surface area (Å²) in [4.78, 5) is 0. The molecule has 2 aromatic carbocycles. The van der Waals surface area contributed by atoms with Crippen LogP contribution in [0.4, 0.5) is 0 Å². The second-order valence-corrected chi connectivity index (χ2v) is 10.3. The molecule has 3 aliphatic heterocycles. The highest BCUT2D eigenvalue weighted by molar-refractivity contribution is 9.10. The van der Waals surface area contributed by atoms with Crippen LogP contribution in [-0.4, -0.2) is 28.7 Å². The standard InChI is InChI=1S/C22H21BrCl2N2O2/c1-21(2)12-22(7-8-28-21)27-19(16-9-13(23)3-6-20(16)29-22)11-18(26-27)15-5-4-14(24)10-17(15)25/h3-6,9-10,19H,7-8,11-12H2,1-2H3/t19-,22+/m1/s1. The fourth-order valence-electron chi connectivity index (χ4n) is 4.71. The third-order valence-corrected chi connectivity index (χ3v) is 6.93. The van der Waals surface area contributed by atoms with E-state index in [1.165, 1.54) is 0 Å². The lowest BCUT2D eigenvalue weighted by Gasteiger charge is -2.52. The van der Waals surface area contributed by atoms with Crippen LogP contribution < -0.4 is 4.74 Å². The molecule has 4 nitrogen and oxygen atoms in total. The van der Waals surface area contributed by atoms with Gasteiger partial charge in [0, 0.05) is 39.9 Å². The van der Waals surface area contributed by atoms with E-state index >= 15 is 0 Å². The third-order valence-electron chi connectivity index (χ3n) is 5.89. The van der Waals surface area contributed by atoms with E-state index in [0.29, 0.717) is 16.7 Å². The maximum absolute atomic E-state index is 6.66. The average Bonchev–Trinajstić information content (AvgIpc) is 3.08. The van der Waals surface area contributed by atoms with Crippen LogP contribution in [0.25, 0.3) is 0 Å². The van der Waals surface area contributed by atoms with Crippen molar-refractivity contribution in [3.05, 3.63) is 62.0 Å². The van der Waals surface area contributed by atoms with Gasteiger partial charge in [0.2, 0.25) is 5.72 Å². The Morgan fingerprint density at radius 2 is 2.00 bits per heavy atom. The third kappa shape index (κ3) is 3.36. The largest absolute Gasteiger partial charge is 0.466 e. The van der Waals surface area contributed by atoms with Gasteiger partial charge < -0.3 is 9.47 Å². The minimum absolute atomic E-state index is 0.0897. The Balaban J connectivity index is 1.63. The highest BCUT2D eigenvalue weighted by atomic mass is 79.9. The number of hydrogen-bond acceptors (Lipinski definition) is 4. The summed E-state index contributed by atoms with van der Waals surface area (Å²) in [7, 11) is 0. The Labute approximate surface area is 188 Å². The molecule has 2 aromatic rings. The second kappa shape index (κ2) is 6.88. The number of rotatable bonds is 1. The van der Waals surface area contributed by atoms with Crippen molar-refractivity contribution in [2.24, 2.45) is 5.10 Å². The predicted octanol–water partition coefficient (Wildman–Crippen LogP) is 6.58. The SMILES string of the molecule is CC1(C)C[C@]2(CCO1)Oc1ccc(Br)cc1[C@H]1CC(c3ccc(Cl)cc3Cl)=NN12. The van der Waals surface area contributed by atoms with Crippen molar-refractivity contribution in [2.75, 3.05) is 6.61 Å². The topological polar surface area (TPSA) is 34.1 Å². The molecule has 0 unspecified atom stereocenters. The highest BCUT2D eigenvalue weighted by Crippen LogP contribution is 2.52. The molecule has 0 bridgehead atoms. The number of halogens is 3. The monoisotopic (exact) mass is 494 g/mol. The second-order valence-electron chi connectivity index (χ2n) is 8.50. The fourth-order valence-corrected chi connectivity index (χ4v) is 5.61. The molecule has 2 atom stereocenters. The zero-order valence-corrected chi connectivity index (χ0v) is 19.3. The number of hydrogen-bond donors (Lipinski definition) is 0. The summed E-state index contributed by atoms with van der Waals surface area (Å²) in [5, 5.41) is 8.47. The maximum atomic E-state index is 6.66. The molecule has 0 aromatic heterocycles. The summed E-state index contributed by atoms with van der Waals surface area (Å²) in [6, 6.07) is 11.9.